The second kappa shape index (κ2) is 11.2. The van der Waals surface area contributed by atoms with Crippen LogP contribution >= 0.6 is 15.9 Å². The van der Waals surface area contributed by atoms with Crippen LogP contribution in [-0.2, 0) is 0 Å². The molecule has 2 aromatic carbocycles. The van der Waals surface area contributed by atoms with E-state index in [1.807, 2.05) is 50.2 Å². The third-order valence-electron chi connectivity index (χ3n) is 6.30. The Morgan fingerprint density at radius 1 is 1.21 bits per heavy atom. The number of benzene rings is 2. The molecule has 1 saturated carbocycles. The molecular formula is C27H32BrN3O3. The van der Waals surface area contributed by atoms with Gasteiger partial charge in [-0.1, -0.05) is 38.3 Å². The first-order valence-corrected chi connectivity index (χ1v) is 13.0. The lowest BCUT2D eigenvalue weighted by atomic mass is 9.88. The zero-order valence-electron chi connectivity index (χ0n) is 20.1. The summed E-state index contributed by atoms with van der Waals surface area (Å²) >= 11 is 3.63. The largest absolute Gasteiger partial charge is 0.490 e. The Labute approximate surface area is 209 Å². The van der Waals surface area contributed by atoms with Crippen molar-refractivity contribution in [1.29, 1.82) is 0 Å². The molecule has 34 heavy (non-hydrogen) atoms. The predicted octanol–water partition coefficient (Wildman–Crippen LogP) is 6.66. The van der Waals surface area contributed by atoms with Crippen molar-refractivity contribution in [3.05, 3.63) is 62.6 Å². The van der Waals surface area contributed by atoms with E-state index in [0.717, 1.165) is 53.5 Å². The van der Waals surface area contributed by atoms with Crippen LogP contribution in [0.25, 0.3) is 10.9 Å². The molecule has 3 aromatic rings. The van der Waals surface area contributed by atoms with Crippen LogP contribution in [0, 0.1) is 0 Å². The predicted molar refractivity (Wildman–Crippen MR) is 141 cm³/mol. The van der Waals surface area contributed by atoms with Gasteiger partial charge in [-0.25, -0.2) is 4.98 Å². The van der Waals surface area contributed by atoms with E-state index in [1.165, 1.54) is 11.1 Å². The summed E-state index contributed by atoms with van der Waals surface area (Å²) in [5.41, 5.74) is 1.40. The number of nitrogens with zero attached hydrogens (tertiary/aromatic N) is 3. The van der Waals surface area contributed by atoms with E-state index in [9.17, 15) is 4.79 Å². The van der Waals surface area contributed by atoms with E-state index >= 15 is 0 Å². The summed E-state index contributed by atoms with van der Waals surface area (Å²) in [5.74, 6) is 2.32. The van der Waals surface area contributed by atoms with E-state index in [2.05, 4.69) is 28.0 Å². The number of para-hydroxylation sites is 1. The normalized spacial score (nSPS) is 15.6. The van der Waals surface area contributed by atoms with Gasteiger partial charge >= 0.3 is 0 Å². The lowest BCUT2D eigenvalue weighted by molar-refractivity contribution is 0.202. The standard InChI is InChI=1S/C27H32BrN3O3/c1-4-18(3)34-25-22(28)15-19(16-24(25)33-5-2)17-29-31-26(20-11-7-6-8-12-20)30-23-14-10-9-13-21(23)27(31)32/h9-10,13-18,20H,4-8,11-12H2,1-3H3/t18-/m0/s1. The van der Waals surface area contributed by atoms with Crippen LogP contribution in [0.3, 0.4) is 0 Å². The van der Waals surface area contributed by atoms with Crippen LogP contribution in [0.4, 0.5) is 0 Å². The Hall–Kier alpha value is -2.67. The third kappa shape index (κ3) is 5.35. The summed E-state index contributed by atoms with van der Waals surface area (Å²) in [4.78, 5) is 18.3. The van der Waals surface area contributed by atoms with Crippen molar-refractivity contribution in [3.63, 3.8) is 0 Å². The Morgan fingerprint density at radius 2 is 1.97 bits per heavy atom. The van der Waals surface area contributed by atoms with Crippen LogP contribution in [-0.4, -0.2) is 28.6 Å². The fourth-order valence-corrected chi connectivity index (χ4v) is 4.88. The smallest absolute Gasteiger partial charge is 0.282 e. The number of rotatable bonds is 8. The molecule has 0 amide bonds. The molecule has 0 N–H and O–H groups in total. The van der Waals surface area contributed by atoms with Crippen molar-refractivity contribution in [1.82, 2.24) is 9.66 Å². The van der Waals surface area contributed by atoms with Crippen LogP contribution in [0.5, 0.6) is 11.5 Å². The SMILES string of the molecule is CCOc1cc(C=Nn2c(C3CCCCC3)nc3ccccc3c2=O)cc(Br)c1O[C@@H](C)CC. The number of hydrogen-bond donors (Lipinski definition) is 0. The number of ether oxygens (including phenoxy) is 2. The topological polar surface area (TPSA) is 65.7 Å². The fourth-order valence-electron chi connectivity index (χ4n) is 4.33. The highest BCUT2D eigenvalue weighted by molar-refractivity contribution is 9.10. The van der Waals surface area contributed by atoms with Gasteiger partial charge in [-0.15, -0.1) is 0 Å². The van der Waals surface area contributed by atoms with Gasteiger partial charge in [0.15, 0.2) is 11.5 Å². The van der Waals surface area contributed by atoms with E-state index in [-0.39, 0.29) is 17.6 Å². The lowest BCUT2D eigenvalue weighted by Gasteiger charge is -2.22. The van der Waals surface area contributed by atoms with Crippen LogP contribution in [0.1, 0.15) is 76.6 Å². The Kier molecular flexibility index (Phi) is 8.03. The van der Waals surface area contributed by atoms with E-state index in [1.54, 1.807) is 6.21 Å². The number of aromatic nitrogens is 2. The molecule has 1 aliphatic rings. The summed E-state index contributed by atoms with van der Waals surface area (Å²) in [5, 5.41) is 5.23. The molecule has 4 rings (SSSR count). The first-order valence-electron chi connectivity index (χ1n) is 12.2. The maximum Gasteiger partial charge on any atom is 0.282 e. The molecular weight excluding hydrogens is 494 g/mol. The highest BCUT2D eigenvalue weighted by atomic mass is 79.9. The second-order valence-corrected chi connectivity index (χ2v) is 9.64. The van der Waals surface area contributed by atoms with Crippen LogP contribution < -0.4 is 15.0 Å². The lowest BCUT2D eigenvalue weighted by Crippen LogP contribution is -2.25. The molecule has 1 aromatic heterocycles. The van der Waals surface area contributed by atoms with Gasteiger partial charge in [0.05, 0.1) is 34.3 Å². The maximum atomic E-state index is 13.4. The monoisotopic (exact) mass is 525 g/mol. The van der Waals surface area contributed by atoms with E-state index in [0.29, 0.717) is 23.5 Å². The molecule has 1 aliphatic carbocycles. The van der Waals surface area contributed by atoms with Crippen LogP contribution in [0.15, 0.2) is 50.8 Å². The fraction of sp³-hybridized carbons (Fsp3) is 0.444. The van der Waals surface area contributed by atoms with Crippen molar-refractivity contribution in [2.75, 3.05) is 6.61 Å². The van der Waals surface area contributed by atoms with Crippen LogP contribution in [0.2, 0.25) is 0 Å². The number of halogens is 1. The Balaban J connectivity index is 1.77. The first-order chi connectivity index (χ1) is 16.5. The molecule has 1 fully saturated rings. The van der Waals surface area contributed by atoms with E-state index in [4.69, 9.17) is 14.5 Å². The van der Waals surface area contributed by atoms with Gasteiger partial charge in [0.1, 0.15) is 5.82 Å². The molecule has 0 bridgehead atoms. The van der Waals surface area contributed by atoms with Crippen molar-refractivity contribution in [2.45, 2.75) is 71.3 Å². The van der Waals surface area contributed by atoms with Gasteiger partial charge in [0, 0.05) is 5.92 Å². The minimum atomic E-state index is -0.136. The molecule has 0 aliphatic heterocycles. The zero-order valence-corrected chi connectivity index (χ0v) is 21.7. The third-order valence-corrected chi connectivity index (χ3v) is 6.89. The summed E-state index contributed by atoms with van der Waals surface area (Å²) in [6, 6.07) is 11.3. The van der Waals surface area contributed by atoms with Crippen molar-refractivity contribution < 1.29 is 9.47 Å². The number of fused-ring (bicyclic) bond motifs is 1. The second-order valence-electron chi connectivity index (χ2n) is 8.78. The van der Waals surface area contributed by atoms with Gasteiger partial charge in [-0.2, -0.15) is 9.78 Å². The molecule has 7 heteroatoms. The van der Waals surface area contributed by atoms with Crippen molar-refractivity contribution in [2.24, 2.45) is 5.10 Å². The van der Waals surface area contributed by atoms with Crippen molar-refractivity contribution in [3.8, 4) is 11.5 Å². The molecule has 1 heterocycles. The molecule has 1 atom stereocenters. The summed E-state index contributed by atoms with van der Waals surface area (Å²) in [6.07, 6.45) is 8.25. The molecule has 180 valence electrons. The van der Waals surface area contributed by atoms with Gasteiger partial charge in [-0.3, -0.25) is 4.79 Å². The molecule has 0 radical (unpaired) electrons. The average Bonchev–Trinajstić information content (AvgIpc) is 2.86. The minimum absolute atomic E-state index is 0.0651. The summed E-state index contributed by atoms with van der Waals surface area (Å²) in [6.45, 7) is 6.57. The zero-order chi connectivity index (χ0) is 24.1. The molecule has 0 unspecified atom stereocenters. The maximum absolute atomic E-state index is 13.4. The number of hydrogen-bond acceptors (Lipinski definition) is 5. The minimum Gasteiger partial charge on any atom is -0.490 e. The highest BCUT2D eigenvalue weighted by Crippen LogP contribution is 2.37. The summed E-state index contributed by atoms with van der Waals surface area (Å²) < 4.78 is 14.2. The van der Waals surface area contributed by atoms with Gasteiger partial charge in [0.25, 0.3) is 5.56 Å². The van der Waals surface area contributed by atoms with E-state index < -0.39 is 0 Å². The Morgan fingerprint density at radius 3 is 2.71 bits per heavy atom. The van der Waals surface area contributed by atoms with Crippen molar-refractivity contribution >= 4 is 33.0 Å². The quantitative estimate of drug-likeness (QED) is 0.308. The highest BCUT2D eigenvalue weighted by Gasteiger charge is 2.22. The molecule has 6 nitrogen and oxygen atoms in total. The summed E-state index contributed by atoms with van der Waals surface area (Å²) in [7, 11) is 0. The Bertz CT molecular complexity index is 1230. The van der Waals surface area contributed by atoms with Gasteiger partial charge in [-0.05, 0) is 78.9 Å². The molecule has 0 spiro atoms. The van der Waals surface area contributed by atoms with Gasteiger partial charge < -0.3 is 9.47 Å². The van der Waals surface area contributed by atoms with Gasteiger partial charge in [0.2, 0.25) is 0 Å². The molecule has 0 saturated heterocycles. The average molecular weight is 526 g/mol. The first kappa shape index (κ1) is 24.5.